The smallest absolute Gasteiger partial charge is 0.309 e. The van der Waals surface area contributed by atoms with Crippen LogP contribution in [-0.2, 0) is 9.59 Å². The lowest BCUT2D eigenvalue weighted by Gasteiger charge is -2.29. The number of carbonyl (C=O) groups is 3. The molecule has 2 fully saturated rings. The van der Waals surface area contributed by atoms with Crippen molar-refractivity contribution in [3.8, 4) is 0 Å². The lowest BCUT2D eigenvalue weighted by atomic mass is 10.0. The van der Waals surface area contributed by atoms with E-state index in [4.69, 9.17) is 0 Å². The lowest BCUT2D eigenvalue weighted by molar-refractivity contribution is -0.133. The fourth-order valence-electron chi connectivity index (χ4n) is 2.27. The van der Waals surface area contributed by atoms with Crippen LogP contribution in [-0.4, -0.2) is 51.6 Å². The molecule has 0 saturated carbocycles. The Labute approximate surface area is 110 Å². The third kappa shape index (κ3) is 2.48. The Morgan fingerprint density at radius 2 is 2.00 bits per heavy atom. The molecule has 0 unspecified atom stereocenters. The van der Waals surface area contributed by atoms with Gasteiger partial charge in [-0.2, -0.15) is 0 Å². The largest absolute Gasteiger partial charge is 0.344 e. The second kappa shape index (κ2) is 5.04. The van der Waals surface area contributed by atoms with Gasteiger partial charge in [0.1, 0.15) is 6.04 Å². The number of carbonyl (C=O) groups excluding carboxylic acids is 3. The van der Waals surface area contributed by atoms with Crippen molar-refractivity contribution < 1.29 is 19.6 Å². The van der Waals surface area contributed by atoms with Gasteiger partial charge in [0.2, 0.25) is 5.91 Å². The van der Waals surface area contributed by atoms with E-state index in [0.717, 1.165) is 0 Å². The molecule has 19 heavy (non-hydrogen) atoms. The van der Waals surface area contributed by atoms with E-state index in [1.165, 1.54) is 4.90 Å². The molecule has 2 aliphatic rings. The molecule has 0 aliphatic carbocycles. The molecule has 2 saturated heterocycles. The zero-order valence-corrected chi connectivity index (χ0v) is 10.9. The zero-order chi connectivity index (χ0) is 14.2. The summed E-state index contributed by atoms with van der Waals surface area (Å²) in [5.74, 6) is -0.966. The Morgan fingerprint density at radius 1 is 1.32 bits per heavy atom. The van der Waals surface area contributed by atoms with Crippen LogP contribution in [0, 0.1) is 5.92 Å². The van der Waals surface area contributed by atoms with E-state index in [1.807, 2.05) is 0 Å². The van der Waals surface area contributed by atoms with E-state index in [9.17, 15) is 19.6 Å². The molecule has 3 N–H and O–H groups in total. The SMILES string of the molecule is CC(C)C(=O)NNC(=O)[C@@H]1CC[C@H]2CN1C(=O)N2O. The second-order valence-corrected chi connectivity index (χ2v) is 5.16. The molecule has 0 aromatic carbocycles. The quantitative estimate of drug-likeness (QED) is 0.462. The molecule has 0 aromatic rings. The van der Waals surface area contributed by atoms with E-state index >= 15 is 0 Å². The third-order valence-corrected chi connectivity index (χ3v) is 3.48. The predicted octanol–water partition coefficient (Wildman–Crippen LogP) is -0.552. The minimum absolute atomic E-state index is 0.234. The van der Waals surface area contributed by atoms with Crippen LogP contribution in [0.15, 0.2) is 0 Å². The first-order valence-electron chi connectivity index (χ1n) is 6.30. The first kappa shape index (κ1) is 13.6. The summed E-state index contributed by atoms with van der Waals surface area (Å²) in [5, 5.41) is 10.2. The second-order valence-electron chi connectivity index (χ2n) is 5.16. The standard InChI is InChI=1S/C11H18N4O4/c1-6(2)9(16)12-13-10(17)8-4-3-7-5-14(8)11(18)15(7)19/h6-8,19H,3-5H2,1-2H3,(H,12,16)(H,13,17)/t7-,8-/m0/s1. The Bertz CT molecular complexity index is 411. The summed E-state index contributed by atoms with van der Waals surface area (Å²) in [6.07, 6.45) is 1.03. The molecule has 2 atom stereocenters. The van der Waals surface area contributed by atoms with Crippen molar-refractivity contribution in [2.24, 2.45) is 5.92 Å². The number of hydrogen-bond acceptors (Lipinski definition) is 4. The Hall–Kier alpha value is -1.83. The minimum Gasteiger partial charge on any atom is -0.309 e. The number of nitrogens with one attached hydrogen (secondary N) is 2. The van der Waals surface area contributed by atoms with Gasteiger partial charge in [0.05, 0.1) is 6.04 Å². The van der Waals surface area contributed by atoms with Gasteiger partial charge in [-0.05, 0) is 12.8 Å². The van der Waals surface area contributed by atoms with Crippen molar-refractivity contribution in [1.29, 1.82) is 0 Å². The van der Waals surface area contributed by atoms with Gasteiger partial charge in [-0.25, -0.2) is 9.86 Å². The van der Waals surface area contributed by atoms with Crippen LogP contribution in [0.25, 0.3) is 0 Å². The number of hydrazine groups is 1. The predicted molar refractivity (Wildman–Crippen MR) is 63.7 cm³/mol. The van der Waals surface area contributed by atoms with Gasteiger partial charge < -0.3 is 4.90 Å². The van der Waals surface area contributed by atoms with Crippen molar-refractivity contribution in [2.45, 2.75) is 38.8 Å². The average molecular weight is 270 g/mol. The molecule has 2 aliphatic heterocycles. The summed E-state index contributed by atoms with van der Waals surface area (Å²) in [4.78, 5) is 36.3. The van der Waals surface area contributed by atoms with Crippen LogP contribution in [0.4, 0.5) is 4.79 Å². The number of amides is 4. The highest BCUT2D eigenvalue weighted by atomic mass is 16.5. The zero-order valence-electron chi connectivity index (χ0n) is 10.9. The number of urea groups is 1. The summed E-state index contributed by atoms with van der Waals surface area (Å²) in [7, 11) is 0. The van der Waals surface area contributed by atoms with Crippen molar-refractivity contribution >= 4 is 17.8 Å². The van der Waals surface area contributed by atoms with Crippen LogP contribution in [0.3, 0.4) is 0 Å². The van der Waals surface area contributed by atoms with Gasteiger partial charge in [-0.1, -0.05) is 13.8 Å². The van der Waals surface area contributed by atoms with Gasteiger partial charge in [-0.15, -0.1) is 0 Å². The summed E-state index contributed by atoms with van der Waals surface area (Å²) >= 11 is 0. The Kier molecular flexibility index (Phi) is 3.61. The fourth-order valence-corrected chi connectivity index (χ4v) is 2.27. The fraction of sp³-hybridized carbons (Fsp3) is 0.727. The van der Waals surface area contributed by atoms with Gasteiger partial charge in [0.15, 0.2) is 0 Å². The number of fused-ring (bicyclic) bond motifs is 2. The maximum Gasteiger partial charge on any atom is 0.344 e. The molecule has 4 amide bonds. The number of rotatable bonds is 2. The average Bonchev–Trinajstić information content (AvgIpc) is 2.61. The molecular weight excluding hydrogens is 252 g/mol. The van der Waals surface area contributed by atoms with Crippen molar-refractivity contribution in [1.82, 2.24) is 20.8 Å². The van der Waals surface area contributed by atoms with Crippen LogP contribution < -0.4 is 10.9 Å². The lowest BCUT2D eigenvalue weighted by Crippen LogP contribution is -2.54. The summed E-state index contributed by atoms with van der Waals surface area (Å²) in [6, 6.07) is -1.44. The highest BCUT2D eigenvalue weighted by Crippen LogP contribution is 2.28. The van der Waals surface area contributed by atoms with E-state index in [-0.39, 0.29) is 17.9 Å². The molecular formula is C11H18N4O4. The first-order valence-corrected chi connectivity index (χ1v) is 6.30. The maximum atomic E-state index is 11.9. The molecule has 0 radical (unpaired) electrons. The highest BCUT2D eigenvalue weighted by molar-refractivity contribution is 5.90. The maximum absolute atomic E-state index is 11.9. The molecule has 2 bridgehead atoms. The van der Waals surface area contributed by atoms with Gasteiger partial charge in [0, 0.05) is 12.5 Å². The third-order valence-electron chi connectivity index (χ3n) is 3.48. The molecule has 0 spiro atoms. The molecule has 2 heterocycles. The van der Waals surface area contributed by atoms with Crippen molar-refractivity contribution in [3.05, 3.63) is 0 Å². The number of piperidine rings is 1. The topological polar surface area (TPSA) is 102 Å². The van der Waals surface area contributed by atoms with Crippen LogP contribution >= 0.6 is 0 Å². The van der Waals surface area contributed by atoms with E-state index in [2.05, 4.69) is 10.9 Å². The van der Waals surface area contributed by atoms with Crippen molar-refractivity contribution in [2.75, 3.05) is 6.54 Å². The summed E-state index contributed by atoms with van der Waals surface area (Å²) < 4.78 is 0. The molecule has 2 rings (SSSR count). The number of nitrogens with zero attached hydrogens (tertiary/aromatic N) is 2. The van der Waals surface area contributed by atoms with Crippen molar-refractivity contribution in [3.63, 3.8) is 0 Å². The highest BCUT2D eigenvalue weighted by Gasteiger charge is 2.46. The van der Waals surface area contributed by atoms with Crippen LogP contribution in [0.1, 0.15) is 26.7 Å². The minimum atomic E-state index is -0.645. The normalized spacial score (nSPS) is 25.8. The Balaban J connectivity index is 1.93. The van der Waals surface area contributed by atoms with E-state index in [1.54, 1.807) is 13.8 Å². The molecule has 106 valence electrons. The Morgan fingerprint density at radius 3 is 2.63 bits per heavy atom. The van der Waals surface area contributed by atoms with Gasteiger partial charge >= 0.3 is 6.03 Å². The molecule has 8 nitrogen and oxygen atoms in total. The molecule has 8 heteroatoms. The number of hydroxylamine groups is 2. The molecule has 0 aromatic heterocycles. The first-order chi connectivity index (χ1) is 8.91. The monoisotopic (exact) mass is 270 g/mol. The summed E-state index contributed by atoms with van der Waals surface area (Å²) in [6.45, 7) is 3.76. The van der Waals surface area contributed by atoms with Crippen LogP contribution in [0.5, 0.6) is 0 Å². The van der Waals surface area contributed by atoms with Gasteiger partial charge in [-0.3, -0.25) is 25.6 Å². The summed E-state index contributed by atoms with van der Waals surface area (Å²) in [5.41, 5.74) is 4.63. The van der Waals surface area contributed by atoms with Crippen LogP contribution in [0.2, 0.25) is 0 Å². The number of hydrogen-bond donors (Lipinski definition) is 3. The van der Waals surface area contributed by atoms with E-state index in [0.29, 0.717) is 24.4 Å². The van der Waals surface area contributed by atoms with Gasteiger partial charge in [0.25, 0.3) is 5.91 Å². The van der Waals surface area contributed by atoms with E-state index < -0.39 is 18.0 Å².